The second-order valence-electron chi connectivity index (χ2n) is 5.64. The molecule has 0 aliphatic carbocycles. The van der Waals surface area contributed by atoms with Crippen molar-refractivity contribution in [1.29, 1.82) is 0 Å². The maximum Gasteiger partial charge on any atom is 0.324 e. The minimum absolute atomic E-state index is 0.219. The first-order valence-electron chi connectivity index (χ1n) is 6.80. The smallest absolute Gasteiger partial charge is 0.324 e. The standard InChI is InChI=1S/C13H23N3O4/c1-4-15-5-7-16(8-6-15)12(20)14-10(17)9-13(2,3)11(18)19/h4-9H2,1-3H3,(H,18,19)(H,14,17,20). The zero-order valence-corrected chi connectivity index (χ0v) is 12.3. The second-order valence-corrected chi connectivity index (χ2v) is 5.64. The maximum atomic E-state index is 11.9. The van der Waals surface area contributed by atoms with E-state index < -0.39 is 23.3 Å². The van der Waals surface area contributed by atoms with Gasteiger partial charge in [-0.2, -0.15) is 0 Å². The minimum atomic E-state index is -1.18. The molecule has 1 aliphatic rings. The van der Waals surface area contributed by atoms with Crippen LogP contribution in [0.4, 0.5) is 4.79 Å². The first-order chi connectivity index (χ1) is 9.26. The molecule has 114 valence electrons. The number of likely N-dealkylation sites (N-methyl/N-ethyl adjacent to an activating group) is 1. The van der Waals surface area contributed by atoms with Crippen LogP contribution in [0.1, 0.15) is 27.2 Å². The van der Waals surface area contributed by atoms with Gasteiger partial charge >= 0.3 is 12.0 Å². The number of urea groups is 1. The van der Waals surface area contributed by atoms with E-state index in [1.54, 1.807) is 4.90 Å². The van der Waals surface area contributed by atoms with Gasteiger partial charge in [0, 0.05) is 32.6 Å². The average molecular weight is 285 g/mol. The predicted molar refractivity (Wildman–Crippen MR) is 73.3 cm³/mol. The number of hydrogen-bond donors (Lipinski definition) is 2. The Hall–Kier alpha value is -1.63. The van der Waals surface area contributed by atoms with Crippen molar-refractivity contribution in [1.82, 2.24) is 15.1 Å². The Morgan fingerprint density at radius 1 is 1.15 bits per heavy atom. The number of carbonyl (C=O) groups is 3. The van der Waals surface area contributed by atoms with Gasteiger partial charge in [-0.25, -0.2) is 4.79 Å². The molecule has 7 heteroatoms. The number of piperazine rings is 1. The van der Waals surface area contributed by atoms with Crippen LogP contribution >= 0.6 is 0 Å². The van der Waals surface area contributed by atoms with Gasteiger partial charge < -0.3 is 14.9 Å². The van der Waals surface area contributed by atoms with Gasteiger partial charge in [0.25, 0.3) is 0 Å². The Labute approximate surface area is 118 Å². The molecule has 0 aromatic rings. The van der Waals surface area contributed by atoms with E-state index in [0.717, 1.165) is 19.6 Å². The predicted octanol–water partition coefficient (Wildman–Crippen LogP) is 0.361. The lowest BCUT2D eigenvalue weighted by atomic mass is 9.89. The summed E-state index contributed by atoms with van der Waals surface area (Å²) in [5.74, 6) is -1.61. The molecule has 3 amide bonds. The Morgan fingerprint density at radius 3 is 2.15 bits per heavy atom. The van der Waals surface area contributed by atoms with E-state index >= 15 is 0 Å². The van der Waals surface area contributed by atoms with E-state index in [1.807, 2.05) is 0 Å². The summed E-state index contributed by atoms with van der Waals surface area (Å²) in [6.07, 6.45) is -0.219. The lowest BCUT2D eigenvalue weighted by molar-refractivity contribution is -0.149. The van der Waals surface area contributed by atoms with Gasteiger partial charge in [0.05, 0.1) is 5.41 Å². The molecule has 0 aromatic carbocycles. The van der Waals surface area contributed by atoms with E-state index in [1.165, 1.54) is 13.8 Å². The van der Waals surface area contributed by atoms with Gasteiger partial charge in [-0.05, 0) is 20.4 Å². The quantitative estimate of drug-likeness (QED) is 0.778. The summed E-state index contributed by atoms with van der Waals surface area (Å²) >= 11 is 0. The van der Waals surface area contributed by atoms with Crippen LogP contribution in [0, 0.1) is 5.41 Å². The van der Waals surface area contributed by atoms with Gasteiger partial charge in [0.1, 0.15) is 0 Å². The highest BCUT2D eigenvalue weighted by Crippen LogP contribution is 2.20. The molecule has 1 fully saturated rings. The van der Waals surface area contributed by atoms with Crippen molar-refractivity contribution >= 4 is 17.9 Å². The summed E-state index contributed by atoms with van der Waals surface area (Å²) in [5, 5.41) is 11.2. The molecule has 2 N–H and O–H groups in total. The van der Waals surface area contributed by atoms with Crippen molar-refractivity contribution < 1.29 is 19.5 Å². The van der Waals surface area contributed by atoms with Gasteiger partial charge in [0.2, 0.25) is 5.91 Å². The highest BCUT2D eigenvalue weighted by atomic mass is 16.4. The van der Waals surface area contributed by atoms with Crippen LogP contribution in [0.5, 0.6) is 0 Å². The van der Waals surface area contributed by atoms with Crippen LogP contribution < -0.4 is 5.32 Å². The van der Waals surface area contributed by atoms with Gasteiger partial charge in [0.15, 0.2) is 0 Å². The molecule has 0 bridgehead atoms. The summed E-state index contributed by atoms with van der Waals surface area (Å²) in [7, 11) is 0. The van der Waals surface area contributed by atoms with Crippen molar-refractivity contribution in [2.45, 2.75) is 27.2 Å². The Bertz CT molecular complexity index is 387. The van der Waals surface area contributed by atoms with Crippen LogP contribution in [-0.4, -0.2) is 65.5 Å². The SMILES string of the molecule is CCN1CCN(C(=O)NC(=O)CC(C)(C)C(=O)O)CC1. The number of carboxylic acid groups (broad SMARTS) is 1. The van der Waals surface area contributed by atoms with Crippen LogP contribution in [0.25, 0.3) is 0 Å². The van der Waals surface area contributed by atoms with Gasteiger partial charge in [-0.3, -0.25) is 14.9 Å². The second kappa shape index (κ2) is 6.69. The summed E-state index contributed by atoms with van der Waals surface area (Å²) in [6, 6.07) is -0.438. The van der Waals surface area contributed by atoms with Crippen LogP contribution in [-0.2, 0) is 9.59 Å². The van der Waals surface area contributed by atoms with Crippen LogP contribution in [0.2, 0.25) is 0 Å². The number of rotatable bonds is 4. The van der Waals surface area contributed by atoms with E-state index in [0.29, 0.717) is 13.1 Å². The molecular weight excluding hydrogens is 262 g/mol. The average Bonchev–Trinajstić information content (AvgIpc) is 2.37. The first kappa shape index (κ1) is 16.4. The van der Waals surface area contributed by atoms with Crippen molar-refractivity contribution in [3.05, 3.63) is 0 Å². The van der Waals surface area contributed by atoms with Crippen molar-refractivity contribution in [2.24, 2.45) is 5.41 Å². The molecule has 7 nitrogen and oxygen atoms in total. The largest absolute Gasteiger partial charge is 0.481 e. The molecule has 0 atom stereocenters. The lowest BCUT2D eigenvalue weighted by Gasteiger charge is -2.33. The van der Waals surface area contributed by atoms with Crippen molar-refractivity contribution in [3.63, 3.8) is 0 Å². The van der Waals surface area contributed by atoms with Gasteiger partial charge in [-0.15, -0.1) is 0 Å². The Balaban J connectivity index is 2.43. The third-order valence-corrected chi connectivity index (χ3v) is 3.53. The third kappa shape index (κ3) is 4.48. The minimum Gasteiger partial charge on any atom is -0.481 e. The molecule has 0 radical (unpaired) electrons. The summed E-state index contributed by atoms with van der Waals surface area (Å²) < 4.78 is 0. The monoisotopic (exact) mass is 285 g/mol. The highest BCUT2D eigenvalue weighted by Gasteiger charge is 2.31. The fourth-order valence-electron chi connectivity index (χ4n) is 1.99. The number of carbonyl (C=O) groups excluding carboxylic acids is 2. The molecular formula is C13H23N3O4. The number of aliphatic carboxylic acids is 1. The fourth-order valence-corrected chi connectivity index (χ4v) is 1.99. The molecule has 0 spiro atoms. The number of nitrogens with one attached hydrogen (secondary N) is 1. The molecule has 1 heterocycles. The normalized spacial score (nSPS) is 16.9. The number of nitrogens with zero attached hydrogens (tertiary/aromatic N) is 2. The van der Waals surface area contributed by atoms with E-state index in [-0.39, 0.29) is 6.42 Å². The maximum absolute atomic E-state index is 11.9. The number of hydrogen-bond acceptors (Lipinski definition) is 4. The Kier molecular flexibility index (Phi) is 5.50. The zero-order chi connectivity index (χ0) is 15.3. The third-order valence-electron chi connectivity index (χ3n) is 3.53. The molecule has 1 rings (SSSR count). The topological polar surface area (TPSA) is 90.0 Å². The lowest BCUT2D eigenvalue weighted by Crippen LogP contribution is -2.53. The van der Waals surface area contributed by atoms with Crippen molar-refractivity contribution in [3.8, 4) is 0 Å². The van der Waals surface area contributed by atoms with E-state index in [2.05, 4.69) is 17.1 Å². The van der Waals surface area contributed by atoms with Crippen LogP contribution in [0.15, 0.2) is 0 Å². The highest BCUT2D eigenvalue weighted by molar-refractivity contribution is 5.96. The molecule has 0 unspecified atom stereocenters. The fraction of sp³-hybridized carbons (Fsp3) is 0.769. The molecule has 1 saturated heterocycles. The molecule has 20 heavy (non-hydrogen) atoms. The Morgan fingerprint density at radius 2 is 1.70 bits per heavy atom. The van der Waals surface area contributed by atoms with Gasteiger partial charge in [-0.1, -0.05) is 6.92 Å². The number of carboxylic acids is 1. The number of imide groups is 1. The zero-order valence-electron chi connectivity index (χ0n) is 12.3. The van der Waals surface area contributed by atoms with Crippen molar-refractivity contribution in [2.75, 3.05) is 32.7 Å². The molecule has 0 saturated carbocycles. The summed E-state index contributed by atoms with van der Waals surface area (Å²) in [5.41, 5.74) is -1.18. The molecule has 0 aromatic heterocycles. The molecule has 1 aliphatic heterocycles. The number of amides is 3. The van der Waals surface area contributed by atoms with Crippen LogP contribution in [0.3, 0.4) is 0 Å². The first-order valence-corrected chi connectivity index (χ1v) is 6.80. The van der Waals surface area contributed by atoms with E-state index in [4.69, 9.17) is 5.11 Å². The van der Waals surface area contributed by atoms with E-state index in [9.17, 15) is 14.4 Å². The summed E-state index contributed by atoms with van der Waals surface area (Å²) in [6.45, 7) is 8.66. The summed E-state index contributed by atoms with van der Waals surface area (Å²) in [4.78, 5) is 38.3.